The molecule has 0 spiro atoms. The standard InChI is InChI=1S/C20H34BN3O4/c1-13-12-24(17(25)26-18(2,3)4)10-9-14(13)16-22-11-15(23-16)21-27-19(5,6)20(7,8)28-21/h11,13-14H,9-10,12H2,1-8H3,(H,22,23). The van der Waals surface area contributed by atoms with Gasteiger partial charge in [-0.15, -0.1) is 0 Å². The van der Waals surface area contributed by atoms with E-state index in [0.29, 0.717) is 13.1 Å². The number of carbonyl (C=O) groups excluding carboxylic acids is 1. The van der Waals surface area contributed by atoms with Gasteiger partial charge in [-0.1, -0.05) is 6.92 Å². The molecule has 0 radical (unpaired) electrons. The predicted octanol–water partition coefficient (Wildman–Crippen LogP) is 3.07. The van der Waals surface area contributed by atoms with Crippen LogP contribution in [0.1, 0.15) is 73.6 Å². The summed E-state index contributed by atoms with van der Waals surface area (Å²) in [5.41, 5.74) is -0.393. The van der Waals surface area contributed by atoms with E-state index in [1.165, 1.54) is 0 Å². The number of aromatic nitrogens is 2. The highest BCUT2D eigenvalue weighted by molar-refractivity contribution is 6.61. The molecule has 1 N–H and O–H groups in total. The lowest BCUT2D eigenvalue weighted by Crippen LogP contribution is -2.44. The van der Waals surface area contributed by atoms with Crippen molar-refractivity contribution in [1.29, 1.82) is 0 Å². The number of rotatable bonds is 2. The number of aromatic amines is 1. The van der Waals surface area contributed by atoms with Crippen LogP contribution >= 0.6 is 0 Å². The van der Waals surface area contributed by atoms with Gasteiger partial charge in [0.05, 0.1) is 16.8 Å². The van der Waals surface area contributed by atoms with Gasteiger partial charge in [0.25, 0.3) is 0 Å². The first-order chi connectivity index (χ1) is 12.8. The van der Waals surface area contributed by atoms with Crippen LogP contribution in [-0.2, 0) is 14.0 Å². The molecule has 2 atom stereocenters. The van der Waals surface area contributed by atoms with Crippen LogP contribution in [0, 0.1) is 5.92 Å². The number of amides is 1. The number of imidazole rings is 1. The SMILES string of the molecule is CC1CN(C(=O)OC(C)(C)C)CCC1c1ncc(B2OC(C)(C)C(C)(C)O2)[nH]1. The Morgan fingerprint density at radius 2 is 1.89 bits per heavy atom. The van der Waals surface area contributed by atoms with Gasteiger partial charge in [0.2, 0.25) is 0 Å². The molecular weight excluding hydrogens is 357 g/mol. The Labute approximate surface area is 168 Å². The van der Waals surface area contributed by atoms with Crippen LogP contribution in [0.25, 0.3) is 0 Å². The molecule has 3 heterocycles. The second kappa shape index (κ2) is 7.06. The number of hydrogen-bond donors (Lipinski definition) is 1. The van der Waals surface area contributed by atoms with E-state index < -0.39 is 12.7 Å². The van der Waals surface area contributed by atoms with Crippen molar-refractivity contribution in [3.05, 3.63) is 12.0 Å². The van der Waals surface area contributed by atoms with Crippen LogP contribution in [0.15, 0.2) is 6.20 Å². The lowest BCUT2D eigenvalue weighted by atomic mass is 9.85. The molecule has 0 aromatic carbocycles. The minimum Gasteiger partial charge on any atom is -0.444 e. The maximum Gasteiger partial charge on any atom is 0.513 e. The Morgan fingerprint density at radius 1 is 1.29 bits per heavy atom. The van der Waals surface area contributed by atoms with Crippen molar-refractivity contribution in [2.24, 2.45) is 5.92 Å². The summed E-state index contributed by atoms with van der Waals surface area (Å²) in [5.74, 6) is 1.47. The summed E-state index contributed by atoms with van der Waals surface area (Å²) in [5, 5.41) is 0. The zero-order valence-corrected chi connectivity index (χ0v) is 18.5. The van der Waals surface area contributed by atoms with Crippen molar-refractivity contribution in [3.8, 4) is 0 Å². The molecule has 1 amide bonds. The summed E-state index contributed by atoms with van der Waals surface area (Å²) in [4.78, 5) is 22.2. The van der Waals surface area contributed by atoms with Crippen molar-refractivity contribution >= 4 is 18.8 Å². The van der Waals surface area contributed by atoms with Gasteiger partial charge >= 0.3 is 13.2 Å². The molecule has 2 unspecified atom stereocenters. The predicted molar refractivity (Wildman–Crippen MR) is 109 cm³/mol. The minimum atomic E-state index is -0.476. The fraction of sp³-hybridized carbons (Fsp3) is 0.800. The smallest absolute Gasteiger partial charge is 0.444 e. The number of H-pyrrole nitrogens is 1. The number of ether oxygens (including phenoxy) is 1. The normalized spacial score (nSPS) is 27.1. The Morgan fingerprint density at radius 3 is 2.43 bits per heavy atom. The van der Waals surface area contributed by atoms with Crippen LogP contribution in [0.5, 0.6) is 0 Å². The van der Waals surface area contributed by atoms with Crippen LogP contribution < -0.4 is 5.59 Å². The molecule has 0 bridgehead atoms. The van der Waals surface area contributed by atoms with Crippen molar-refractivity contribution in [3.63, 3.8) is 0 Å². The molecule has 2 fully saturated rings. The number of hydrogen-bond acceptors (Lipinski definition) is 5. The van der Waals surface area contributed by atoms with E-state index >= 15 is 0 Å². The molecule has 0 aliphatic carbocycles. The molecule has 2 saturated heterocycles. The lowest BCUT2D eigenvalue weighted by Gasteiger charge is -2.36. The van der Waals surface area contributed by atoms with Crippen LogP contribution in [0.3, 0.4) is 0 Å². The molecule has 2 aliphatic rings. The number of nitrogens with one attached hydrogen (secondary N) is 1. The largest absolute Gasteiger partial charge is 0.513 e. The zero-order chi connectivity index (χ0) is 20.9. The van der Waals surface area contributed by atoms with Gasteiger partial charge in [0, 0.05) is 25.2 Å². The van der Waals surface area contributed by atoms with Gasteiger partial charge < -0.3 is 23.9 Å². The first-order valence-electron chi connectivity index (χ1n) is 10.2. The summed E-state index contributed by atoms with van der Waals surface area (Å²) in [7, 11) is -0.441. The van der Waals surface area contributed by atoms with Crippen LogP contribution in [0.2, 0.25) is 0 Å². The molecular formula is C20H34BN3O4. The number of piperidine rings is 1. The van der Waals surface area contributed by atoms with Gasteiger partial charge in [-0.05, 0) is 60.8 Å². The van der Waals surface area contributed by atoms with Gasteiger partial charge in [0.15, 0.2) is 0 Å². The highest BCUT2D eigenvalue weighted by Gasteiger charge is 2.52. The maximum absolute atomic E-state index is 12.3. The second-order valence-electron chi connectivity index (χ2n) is 10.1. The fourth-order valence-corrected chi connectivity index (χ4v) is 3.67. The van der Waals surface area contributed by atoms with E-state index in [4.69, 9.17) is 14.0 Å². The fourth-order valence-electron chi connectivity index (χ4n) is 3.67. The van der Waals surface area contributed by atoms with E-state index in [1.807, 2.05) is 54.7 Å². The highest BCUT2D eigenvalue weighted by atomic mass is 16.7. The first-order valence-corrected chi connectivity index (χ1v) is 10.2. The molecule has 156 valence electrons. The molecule has 3 rings (SSSR count). The third-order valence-electron chi connectivity index (χ3n) is 6.03. The molecule has 1 aromatic heterocycles. The van der Waals surface area contributed by atoms with Crippen molar-refractivity contribution in [2.75, 3.05) is 13.1 Å². The van der Waals surface area contributed by atoms with Crippen LogP contribution in [-0.4, -0.2) is 58.0 Å². The van der Waals surface area contributed by atoms with Gasteiger partial charge in [0.1, 0.15) is 11.4 Å². The van der Waals surface area contributed by atoms with Crippen molar-refractivity contribution in [2.45, 2.75) is 84.5 Å². The first kappa shape index (κ1) is 21.2. The molecule has 1 aromatic rings. The average Bonchev–Trinajstić information content (AvgIpc) is 3.08. The molecule has 8 heteroatoms. The van der Waals surface area contributed by atoms with E-state index in [1.54, 1.807) is 4.90 Å². The monoisotopic (exact) mass is 391 g/mol. The van der Waals surface area contributed by atoms with Gasteiger partial charge in [-0.25, -0.2) is 9.78 Å². The van der Waals surface area contributed by atoms with E-state index in [-0.39, 0.29) is 29.1 Å². The zero-order valence-electron chi connectivity index (χ0n) is 18.5. The summed E-state index contributed by atoms with van der Waals surface area (Å²) < 4.78 is 17.7. The summed E-state index contributed by atoms with van der Waals surface area (Å²) in [6.45, 7) is 17.3. The quantitative estimate of drug-likeness (QED) is 0.785. The Balaban J connectivity index is 1.64. The topological polar surface area (TPSA) is 76.7 Å². The third kappa shape index (κ3) is 4.22. The summed E-state index contributed by atoms with van der Waals surface area (Å²) in [6, 6.07) is 0. The van der Waals surface area contributed by atoms with Crippen LogP contribution in [0.4, 0.5) is 4.79 Å². The molecule has 2 aliphatic heterocycles. The maximum atomic E-state index is 12.3. The Hall–Kier alpha value is -1.54. The second-order valence-corrected chi connectivity index (χ2v) is 10.1. The van der Waals surface area contributed by atoms with E-state index in [2.05, 4.69) is 16.9 Å². The van der Waals surface area contributed by atoms with Crippen molar-refractivity contribution in [1.82, 2.24) is 14.9 Å². The lowest BCUT2D eigenvalue weighted by molar-refractivity contribution is 0.00578. The van der Waals surface area contributed by atoms with E-state index in [9.17, 15) is 4.79 Å². The average molecular weight is 391 g/mol. The molecule has 28 heavy (non-hydrogen) atoms. The molecule has 0 saturated carbocycles. The Kier molecular flexibility index (Phi) is 5.34. The Bertz CT molecular complexity index is 709. The third-order valence-corrected chi connectivity index (χ3v) is 6.03. The number of carbonyl (C=O) groups is 1. The van der Waals surface area contributed by atoms with E-state index in [0.717, 1.165) is 17.8 Å². The number of likely N-dealkylation sites (tertiary alicyclic amines) is 1. The minimum absolute atomic E-state index is 0.241. The van der Waals surface area contributed by atoms with Gasteiger partial charge in [-0.2, -0.15) is 0 Å². The van der Waals surface area contributed by atoms with Gasteiger partial charge in [-0.3, -0.25) is 0 Å². The number of nitrogens with zero attached hydrogens (tertiary/aromatic N) is 2. The summed E-state index contributed by atoms with van der Waals surface area (Å²) in [6.07, 6.45) is 2.41. The van der Waals surface area contributed by atoms with Crippen molar-refractivity contribution < 1.29 is 18.8 Å². The summed E-state index contributed by atoms with van der Waals surface area (Å²) >= 11 is 0. The molecule has 7 nitrogen and oxygen atoms in total. The highest BCUT2D eigenvalue weighted by Crippen LogP contribution is 2.37.